The van der Waals surface area contributed by atoms with Crippen molar-refractivity contribution in [1.82, 2.24) is 0 Å². The van der Waals surface area contributed by atoms with Gasteiger partial charge >= 0.3 is 0 Å². The second-order valence-electron chi connectivity index (χ2n) is 4.44. The van der Waals surface area contributed by atoms with E-state index in [-0.39, 0.29) is 0 Å². The average Bonchev–Trinajstić information content (AvgIpc) is 2.16. The summed E-state index contributed by atoms with van der Waals surface area (Å²) in [6.45, 7) is 7.19. The van der Waals surface area contributed by atoms with Crippen molar-refractivity contribution in [2.75, 3.05) is 11.9 Å². The standard InChI is InChI=1S/C13H21N3/c1-10(2)7-8-15-13(14)16-12-6-4-5-11(3)9-12/h4-6,9-10H,7-8H2,1-3H3,(H3,14,15,16). The van der Waals surface area contributed by atoms with Crippen LogP contribution < -0.4 is 11.1 Å². The molecular formula is C13H21N3. The highest BCUT2D eigenvalue weighted by atomic mass is 15.1. The first kappa shape index (κ1) is 12.6. The van der Waals surface area contributed by atoms with E-state index >= 15 is 0 Å². The molecule has 3 nitrogen and oxygen atoms in total. The summed E-state index contributed by atoms with van der Waals surface area (Å²) in [7, 11) is 0. The fourth-order valence-electron chi connectivity index (χ4n) is 1.35. The number of rotatable bonds is 4. The number of guanidine groups is 1. The van der Waals surface area contributed by atoms with Gasteiger partial charge in [0.05, 0.1) is 0 Å². The van der Waals surface area contributed by atoms with Crippen molar-refractivity contribution in [1.29, 1.82) is 0 Å². The number of hydrogen-bond donors (Lipinski definition) is 2. The molecule has 0 unspecified atom stereocenters. The molecule has 16 heavy (non-hydrogen) atoms. The first-order valence-electron chi connectivity index (χ1n) is 5.71. The minimum atomic E-state index is 0.492. The number of nitrogens with one attached hydrogen (secondary N) is 1. The van der Waals surface area contributed by atoms with Gasteiger partial charge in [0.2, 0.25) is 0 Å². The molecule has 1 aromatic rings. The molecule has 0 spiro atoms. The van der Waals surface area contributed by atoms with Gasteiger partial charge in [0.1, 0.15) is 0 Å². The minimum Gasteiger partial charge on any atom is -0.370 e. The van der Waals surface area contributed by atoms with E-state index in [2.05, 4.69) is 37.1 Å². The Hall–Kier alpha value is -1.51. The van der Waals surface area contributed by atoms with Crippen LogP contribution in [0.1, 0.15) is 25.8 Å². The molecule has 0 heterocycles. The lowest BCUT2D eigenvalue weighted by Crippen LogP contribution is -2.23. The van der Waals surface area contributed by atoms with Gasteiger partial charge in [0.25, 0.3) is 0 Å². The topological polar surface area (TPSA) is 50.4 Å². The van der Waals surface area contributed by atoms with Gasteiger partial charge < -0.3 is 11.1 Å². The fraction of sp³-hybridized carbons (Fsp3) is 0.462. The third-order valence-electron chi connectivity index (χ3n) is 2.28. The van der Waals surface area contributed by atoms with Crippen molar-refractivity contribution in [3.63, 3.8) is 0 Å². The van der Waals surface area contributed by atoms with Crippen LogP contribution in [-0.2, 0) is 0 Å². The van der Waals surface area contributed by atoms with Gasteiger partial charge in [0, 0.05) is 12.2 Å². The van der Waals surface area contributed by atoms with Crippen LogP contribution in [0.25, 0.3) is 0 Å². The van der Waals surface area contributed by atoms with Crippen LogP contribution in [-0.4, -0.2) is 12.5 Å². The normalized spacial score (nSPS) is 11.9. The van der Waals surface area contributed by atoms with E-state index in [0.717, 1.165) is 18.7 Å². The maximum Gasteiger partial charge on any atom is 0.193 e. The van der Waals surface area contributed by atoms with Gasteiger partial charge in [-0.1, -0.05) is 26.0 Å². The van der Waals surface area contributed by atoms with Crippen molar-refractivity contribution in [3.8, 4) is 0 Å². The Morgan fingerprint density at radius 2 is 2.19 bits per heavy atom. The van der Waals surface area contributed by atoms with E-state index in [0.29, 0.717) is 11.9 Å². The molecular weight excluding hydrogens is 198 g/mol. The lowest BCUT2D eigenvalue weighted by atomic mass is 10.1. The molecule has 0 bridgehead atoms. The first-order valence-corrected chi connectivity index (χ1v) is 5.71. The quantitative estimate of drug-likeness (QED) is 0.604. The van der Waals surface area contributed by atoms with Crippen molar-refractivity contribution in [2.24, 2.45) is 16.6 Å². The van der Waals surface area contributed by atoms with Crippen molar-refractivity contribution < 1.29 is 0 Å². The summed E-state index contributed by atoms with van der Waals surface area (Å²) in [6, 6.07) is 8.08. The Morgan fingerprint density at radius 1 is 1.44 bits per heavy atom. The molecule has 3 heteroatoms. The van der Waals surface area contributed by atoms with Crippen LogP contribution in [0.15, 0.2) is 29.3 Å². The van der Waals surface area contributed by atoms with Gasteiger partial charge in [-0.05, 0) is 37.0 Å². The van der Waals surface area contributed by atoms with Crippen LogP contribution in [0.4, 0.5) is 5.69 Å². The predicted molar refractivity (Wildman–Crippen MR) is 70.7 cm³/mol. The number of benzene rings is 1. The van der Waals surface area contributed by atoms with Crippen molar-refractivity contribution in [3.05, 3.63) is 29.8 Å². The third kappa shape index (κ3) is 4.82. The second-order valence-corrected chi connectivity index (χ2v) is 4.44. The Balaban J connectivity index is 2.47. The SMILES string of the molecule is Cc1cccc(NC(N)=NCCC(C)C)c1. The highest BCUT2D eigenvalue weighted by Gasteiger charge is 1.96. The molecule has 0 atom stereocenters. The zero-order chi connectivity index (χ0) is 12.0. The highest BCUT2D eigenvalue weighted by molar-refractivity contribution is 5.92. The molecule has 0 saturated heterocycles. The molecule has 3 N–H and O–H groups in total. The predicted octanol–water partition coefficient (Wildman–Crippen LogP) is 2.77. The number of hydrogen-bond acceptors (Lipinski definition) is 1. The molecule has 88 valence electrons. The van der Waals surface area contributed by atoms with Crippen LogP contribution in [0.3, 0.4) is 0 Å². The average molecular weight is 219 g/mol. The van der Waals surface area contributed by atoms with Crippen molar-refractivity contribution >= 4 is 11.6 Å². The summed E-state index contributed by atoms with van der Waals surface area (Å²) in [5.41, 5.74) is 7.98. The third-order valence-corrected chi connectivity index (χ3v) is 2.28. The van der Waals surface area contributed by atoms with Gasteiger partial charge in [0.15, 0.2) is 5.96 Å². The smallest absolute Gasteiger partial charge is 0.193 e. The van der Waals surface area contributed by atoms with Crippen LogP contribution >= 0.6 is 0 Å². The Bertz CT molecular complexity index is 356. The summed E-state index contributed by atoms with van der Waals surface area (Å²) in [6.07, 6.45) is 1.07. The van der Waals surface area contributed by atoms with E-state index < -0.39 is 0 Å². The number of aryl methyl sites for hydroxylation is 1. The molecule has 1 rings (SSSR count). The van der Waals surface area contributed by atoms with Gasteiger partial charge in [-0.15, -0.1) is 0 Å². The van der Waals surface area contributed by atoms with E-state index in [1.807, 2.05) is 18.2 Å². The molecule has 0 radical (unpaired) electrons. The molecule has 1 aromatic carbocycles. The molecule has 0 aliphatic heterocycles. The van der Waals surface area contributed by atoms with Gasteiger partial charge in [-0.3, -0.25) is 4.99 Å². The van der Waals surface area contributed by atoms with E-state index in [4.69, 9.17) is 5.73 Å². The summed E-state index contributed by atoms with van der Waals surface area (Å²) in [5.74, 6) is 1.15. The number of anilines is 1. The van der Waals surface area contributed by atoms with Gasteiger partial charge in [-0.25, -0.2) is 0 Å². The van der Waals surface area contributed by atoms with Crippen LogP contribution in [0, 0.1) is 12.8 Å². The Kier molecular flexibility index (Phi) is 4.83. The maximum absolute atomic E-state index is 5.78. The number of aliphatic imine (C=N–C) groups is 1. The molecule has 0 saturated carbocycles. The lowest BCUT2D eigenvalue weighted by molar-refractivity contribution is 0.597. The zero-order valence-electron chi connectivity index (χ0n) is 10.3. The summed E-state index contributed by atoms with van der Waals surface area (Å²) >= 11 is 0. The summed E-state index contributed by atoms with van der Waals surface area (Å²) < 4.78 is 0. The van der Waals surface area contributed by atoms with E-state index in [9.17, 15) is 0 Å². The molecule has 0 aliphatic rings. The van der Waals surface area contributed by atoms with Crippen molar-refractivity contribution in [2.45, 2.75) is 27.2 Å². The molecule has 0 fully saturated rings. The maximum atomic E-state index is 5.78. The molecule has 0 amide bonds. The van der Waals surface area contributed by atoms with Crippen LogP contribution in [0.2, 0.25) is 0 Å². The number of nitrogens with two attached hydrogens (primary N) is 1. The summed E-state index contributed by atoms with van der Waals surface area (Å²) in [5, 5.41) is 3.08. The Labute approximate surface area is 97.8 Å². The van der Waals surface area contributed by atoms with Gasteiger partial charge in [-0.2, -0.15) is 0 Å². The fourth-order valence-corrected chi connectivity index (χ4v) is 1.35. The lowest BCUT2D eigenvalue weighted by Gasteiger charge is -2.06. The zero-order valence-corrected chi connectivity index (χ0v) is 10.3. The summed E-state index contributed by atoms with van der Waals surface area (Å²) in [4.78, 5) is 4.27. The minimum absolute atomic E-state index is 0.492. The largest absolute Gasteiger partial charge is 0.370 e. The Morgan fingerprint density at radius 3 is 2.81 bits per heavy atom. The monoisotopic (exact) mass is 219 g/mol. The van der Waals surface area contributed by atoms with Crippen LogP contribution in [0.5, 0.6) is 0 Å². The highest BCUT2D eigenvalue weighted by Crippen LogP contribution is 2.08. The first-order chi connectivity index (χ1) is 7.58. The van der Waals surface area contributed by atoms with E-state index in [1.54, 1.807) is 0 Å². The second kappa shape index (κ2) is 6.16. The molecule has 0 aliphatic carbocycles. The number of nitrogens with zero attached hydrogens (tertiary/aromatic N) is 1. The van der Waals surface area contributed by atoms with E-state index in [1.165, 1.54) is 5.56 Å². The molecule has 0 aromatic heterocycles.